The predicted molar refractivity (Wildman–Crippen MR) is 101 cm³/mol. The van der Waals surface area contributed by atoms with E-state index in [-0.39, 0.29) is 11.1 Å². The van der Waals surface area contributed by atoms with Crippen LogP contribution in [0.1, 0.15) is 19.4 Å². The van der Waals surface area contributed by atoms with Crippen LogP contribution in [0.15, 0.2) is 65.3 Å². The molecule has 0 aliphatic carbocycles. The number of rotatable bonds is 6. The van der Waals surface area contributed by atoms with Crippen LogP contribution in [0.4, 0.5) is 17.1 Å². The molecule has 26 heavy (non-hydrogen) atoms. The number of hydrazine groups is 1. The van der Waals surface area contributed by atoms with Gasteiger partial charge in [-0.05, 0) is 23.8 Å². The number of para-hydroxylation sites is 1. The lowest BCUT2D eigenvalue weighted by atomic mass is 9.79. The summed E-state index contributed by atoms with van der Waals surface area (Å²) in [5.74, 6) is 0. The van der Waals surface area contributed by atoms with Crippen molar-refractivity contribution in [2.24, 2.45) is 4.99 Å². The van der Waals surface area contributed by atoms with Gasteiger partial charge in [-0.25, -0.2) is 0 Å². The maximum absolute atomic E-state index is 11.6. The summed E-state index contributed by atoms with van der Waals surface area (Å²) in [6, 6.07) is 13.8. The summed E-state index contributed by atoms with van der Waals surface area (Å²) in [4.78, 5) is 26.4. The number of hydrogen-bond acceptors (Lipinski definition) is 6. The Labute approximate surface area is 150 Å². The third-order valence-electron chi connectivity index (χ3n) is 4.32. The van der Waals surface area contributed by atoms with Gasteiger partial charge in [-0.1, -0.05) is 32.0 Å². The van der Waals surface area contributed by atoms with E-state index in [4.69, 9.17) is 0 Å². The fraction of sp³-hybridized carbons (Fsp3) is 0.158. The van der Waals surface area contributed by atoms with Gasteiger partial charge in [-0.2, -0.15) is 0 Å². The Morgan fingerprint density at radius 3 is 2.46 bits per heavy atom. The van der Waals surface area contributed by atoms with E-state index in [0.717, 1.165) is 17.5 Å². The molecule has 0 aromatic heterocycles. The van der Waals surface area contributed by atoms with Crippen LogP contribution in [0.5, 0.6) is 0 Å². The van der Waals surface area contributed by atoms with Crippen molar-refractivity contribution in [3.05, 3.63) is 76.0 Å². The molecule has 0 saturated carbocycles. The zero-order valence-electron chi connectivity index (χ0n) is 14.4. The van der Waals surface area contributed by atoms with Crippen LogP contribution < -0.4 is 10.9 Å². The standard InChI is InChI=1S/C19H18N4O3/c1-19(2)16-5-3-4-6-17(16)21-18(19)13(12-24)11-20-22-14-7-9-15(10-8-14)23(25)26/h3-12,20,22H,1-2H3/b13-11+. The number of allylic oxidation sites excluding steroid dienone is 1. The molecule has 0 saturated heterocycles. The molecule has 0 spiro atoms. The average molecular weight is 350 g/mol. The molecule has 1 heterocycles. The van der Waals surface area contributed by atoms with E-state index in [0.29, 0.717) is 17.0 Å². The van der Waals surface area contributed by atoms with Crippen molar-refractivity contribution < 1.29 is 9.72 Å². The lowest BCUT2D eigenvalue weighted by Gasteiger charge is -2.22. The maximum atomic E-state index is 11.6. The minimum absolute atomic E-state index is 0.0134. The maximum Gasteiger partial charge on any atom is 0.269 e. The van der Waals surface area contributed by atoms with E-state index in [1.807, 2.05) is 38.1 Å². The van der Waals surface area contributed by atoms with Crippen LogP contribution in [0.3, 0.4) is 0 Å². The molecule has 7 heteroatoms. The van der Waals surface area contributed by atoms with E-state index in [1.54, 1.807) is 18.3 Å². The molecular formula is C19H18N4O3. The molecule has 2 N–H and O–H groups in total. The Morgan fingerprint density at radius 2 is 1.85 bits per heavy atom. The van der Waals surface area contributed by atoms with Gasteiger partial charge in [0.05, 0.1) is 27.6 Å². The quantitative estimate of drug-likeness (QED) is 0.359. The number of anilines is 1. The normalized spacial score (nSPS) is 15.0. The molecule has 3 rings (SSSR count). The number of aldehydes is 1. The van der Waals surface area contributed by atoms with E-state index >= 15 is 0 Å². The number of non-ortho nitro benzene ring substituents is 1. The number of aliphatic imine (C=N–C) groups is 1. The van der Waals surface area contributed by atoms with Crippen LogP contribution in [-0.4, -0.2) is 16.9 Å². The highest BCUT2D eigenvalue weighted by molar-refractivity contribution is 6.22. The Morgan fingerprint density at radius 1 is 1.15 bits per heavy atom. The Kier molecular flexibility index (Phi) is 4.53. The van der Waals surface area contributed by atoms with Gasteiger partial charge in [-0.15, -0.1) is 0 Å². The zero-order valence-corrected chi connectivity index (χ0v) is 14.4. The largest absolute Gasteiger partial charge is 0.307 e. The van der Waals surface area contributed by atoms with Gasteiger partial charge in [0, 0.05) is 23.7 Å². The van der Waals surface area contributed by atoms with Gasteiger partial charge < -0.3 is 10.9 Å². The fourth-order valence-electron chi connectivity index (χ4n) is 2.93. The summed E-state index contributed by atoms with van der Waals surface area (Å²) in [7, 11) is 0. The monoisotopic (exact) mass is 350 g/mol. The van der Waals surface area contributed by atoms with Crippen molar-refractivity contribution in [2.45, 2.75) is 19.3 Å². The summed E-state index contributed by atoms with van der Waals surface area (Å²) in [5, 5.41) is 10.7. The number of nitro benzene ring substituents is 1. The fourth-order valence-corrected chi connectivity index (χ4v) is 2.93. The second kappa shape index (κ2) is 6.79. The molecule has 7 nitrogen and oxygen atoms in total. The Bertz CT molecular complexity index is 915. The molecule has 0 bridgehead atoms. The minimum atomic E-state index is -0.459. The van der Waals surface area contributed by atoms with E-state index in [2.05, 4.69) is 15.8 Å². The summed E-state index contributed by atoms with van der Waals surface area (Å²) >= 11 is 0. The van der Waals surface area contributed by atoms with E-state index in [9.17, 15) is 14.9 Å². The van der Waals surface area contributed by atoms with Gasteiger partial charge in [0.2, 0.25) is 0 Å². The second-order valence-electron chi connectivity index (χ2n) is 6.39. The first kappa shape index (κ1) is 17.3. The number of nitrogens with zero attached hydrogens (tertiary/aromatic N) is 2. The lowest BCUT2D eigenvalue weighted by Crippen LogP contribution is -2.29. The smallest absolute Gasteiger partial charge is 0.269 e. The highest BCUT2D eigenvalue weighted by Crippen LogP contribution is 2.41. The number of hydrogen-bond donors (Lipinski definition) is 2. The van der Waals surface area contributed by atoms with Gasteiger partial charge in [-0.3, -0.25) is 19.9 Å². The van der Waals surface area contributed by atoms with Gasteiger partial charge in [0.1, 0.15) is 0 Å². The number of carbonyl (C=O) groups excluding carboxylic acids is 1. The van der Waals surface area contributed by atoms with E-state index < -0.39 is 4.92 Å². The van der Waals surface area contributed by atoms with Crippen LogP contribution >= 0.6 is 0 Å². The van der Waals surface area contributed by atoms with Crippen molar-refractivity contribution in [3.63, 3.8) is 0 Å². The molecule has 1 aliphatic rings. The zero-order chi connectivity index (χ0) is 18.7. The topological polar surface area (TPSA) is 96.6 Å². The number of benzene rings is 2. The molecule has 0 unspecified atom stereocenters. The Balaban J connectivity index is 1.75. The van der Waals surface area contributed by atoms with Crippen LogP contribution in [-0.2, 0) is 10.2 Å². The number of nitrogens with one attached hydrogen (secondary N) is 2. The molecule has 0 amide bonds. The van der Waals surface area contributed by atoms with Crippen molar-refractivity contribution in [3.8, 4) is 0 Å². The predicted octanol–water partition coefficient (Wildman–Crippen LogP) is 3.66. The third kappa shape index (κ3) is 3.19. The van der Waals surface area contributed by atoms with Crippen molar-refractivity contribution in [1.82, 2.24) is 5.43 Å². The summed E-state index contributed by atoms with van der Waals surface area (Å²) in [6.45, 7) is 4.05. The highest BCUT2D eigenvalue weighted by atomic mass is 16.6. The van der Waals surface area contributed by atoms with Gasteiger partial charge in [0.25, 0.3) is 5.69 Å². The second-order valence-corrected chi connectivity index (χ2v) is 6.39. The van der Waals surface area contributed by atoms with Crippen molar-refractivity contribution >= 4 is 29.1 Å². The first-order valence-corrected chi connectivity index (χ1v) is 8.04. The SMILES string of the molecule is CC1(C)C(/C(C=O)=C/NNc2ccc([N+](=O)[O-])cc2)=Nc2ccccc21. The highest BCUT2D eigenvalue weighted by Gasteiger charge is 2.36. The molecule has 0 atom stereocenters. The molecule has 2 aromatic rings. The van der Waals surface area contributed by atoms with Gasteiger partial charge >= 0.3 is 0 Å². The molecule has 0 radical (unpaired) electrons. The first-order chi connectivity index (χ1) is 12.4. The molecular weight excluding hydrogens is 332 g/mol. The molecule has 1 aliphatic heterocycles. The summed E-state index contributed by atoms with van der Waals surface area (Å²) in [5.41, 5.74) is 9.06. The minimum Gasteiger partial charge on any atom is -0.307 e. The van der Waals surface area contributed by atoms with Crippen LogP contribution in [0.25, 0.3) is 0 Å². The van der Waals surface area contributed by atoms with Gasteiger partial charge in [0.15, 0.2) is 6.29 Å². The Hall–Kier alpha value is -3.48. The third-order valence-corrected chi connectivity index (χ3v) is 4.32. The lowest BCUT2D eigenvalue weighted by molar-refractivity contribution is -0.384. The number of fused-ring (bicyclic) bond motifs is 1. The first-order valence-electron chi connectivity index (χ1n) is 8.04. The molecule has 0 fully saturated rings. The summed E-state index contributed by atoms with van der Waals surface area (Å²) < 4.78 is 0. The summed E-state index contributed by atoms with van der Waals surface area (Å²) in [6.07, 6.45) is 2.30. The van der Waals surface area contributed by atoms with Crippen molar-refractivity contribution in [1.29, 1.82) is 0 Å². The number of carbonyl (C=O) groups is 1. The van der Waals surface area contributed by atoms with Crippen LogP contribution in [0.2, 0.25) is 0 Å². The average Bonchev–Trinajstić information content (AvgIpc) is 2.90. The molecule has 132 valence electrons. The van der Waals surface area contributed by atoms with Crippen molar-refractivity contribution in [2.75, 3.05) is 5.43 Å². The van der Waals surface area contributed by atoms with E-state index in [1.165, 1.54) is 12.1 Å². The number of nitro groups is 1. The van der Waals surface area contributed by atoms with Crippen LogP contribution in [0, 0.1) is 10.1 Å². The molecule has 2 aromatic carbocycles.